The first kappa shape index (κ1) is 9.51. The molecular formula is C9H12N2O2. The topological polar surface area (TPSA) is 44.0 Å². The molecule has 0 atom stereocenters. The van der Waals surface area contributed by atoms with Crippen LogP contribution in [0.4, 0.5) is 0 Å². The lowest BCUT2D eigenvalue weighted by molar-refractivity contribution is 0.665. The number of aromatic nitrogens is 2. The molecule has 1 aromatic heterocycles. The van der Waals surface area contributed by atoms with Gasteiger partial charge in [0.1, 0.15) is 0 Å². The van der Waals surface area contributed by atoms with E-state index in [1.54, 1.807) is 14.0 Å². The van der Waals surface area contributed by atoms with Gasteiger partial charge in [-0.2, -0.15) is 0 Å². The molecule has 0 aliphatic rings. The summed E-state index contributed by atoms with van der Waals surface area (Å²) in [6, 6.07) is 0. The van der Waals surface area contributed by atoms with E-state index in [0.717, 1.165) is 4.57 Å². The molecular weight excluding hydrogens is 168 g/mol. The van der Waals surface area contributed by atoms with Crippen LogP contribution in [0.1, 0.15) is 11.3 Å². The fourth-order valence-corrected chi connectivity index (χ4v) is 1.21. The van der Waals surface area contributed by atoms with Crippen molar-refractivity contribution in [1.29, 1.82) is 0 Å². The van der Waals surface area contributed by atoms with Gasteiger partial charge in [-0.05, 0) is 6.92 Å². The molecule has 0 bridgehead atoms. The molecule has 1 aromatic rings. The van der Waals surface area contributed by atoms with Gasteiger partial charge in [-0.1, -0.05) is 12.7 Å². The Labute approximate surface area is 75.7 Å². The van der Waals surface area contributed by atoms with Gasteiger partial charge in [0.05, 0.1) is 5.56 Å². The molecule has 0 fully saturated rings. The summed E-state index contributed by atoms with van der Waals surface area (Å²) < 4.78 is 2.50. The molecule has 0 saturated heterocycles. The van der Waals surface area contributed by atoms with E-state index in [-0.39, 0.29) is 11.2 Å². The van der Waals surface area contributed by atoms with E-state index in [4.69, 9.17) is 0 Å². The van der Waals surface area contributed by atoms with Crippen molar-refractivity contribution >= 4 is 6.08 Å². The van der Waals surface area contributed by atoms with Crippen LogP contribution in [0, 0.1) is 6.92 Å². The molecule has 0 saturated carbocycles. The average Bonchev–Trinajstić information content (AvgIpc) is 2.13. The summed E-state index contributed by atoms with van der Waals surface area (Å²) in [5.74, 6) is 0. The second kappa shape index (κ2) is 3.05. The predicted octanol–water partition coefficient (Wildman–Crippen LogP) is 0.0354. The maximum Gasteiger partial charge on any atom is 0.330 e. The molecule has 70 valence electrons. The monoisotopic (exact) mass is 180 g/mol. The van der Waals surface area contributed by atoms with Crippen LogP contribution in [0.25, 0.3) is 6.08 Å². The van der Waals surface area contributed by atoms with Gasteiger partial charge >= 0.3 is 5.69 Å². The summed E-state index contributed by atoms with van der Waals surface area (Å²) in [4.78, 5) is 22.8. The highest BCUT2D eigenvalue weighted by Crippen LogP contribution is 1.98. The van der Waals surface area contributed by atoms with Gasteiger partial charge in [-0.15, -0.1) is 0 Å². The highest BCUT2D eigenvalue weighted by Gasteiger charge is 2.08. The summed E-state index contributed by atoms with van der Waals surface area (Å²) in [6.45, 7) is 5.26. The molecule has 0 radical (unpaired) electrons. The Morgan fingerprint density at radius 3 is 2.23 bits per heavy atom. The van der Waals surface area contributed by atoms with Crippen molar-refractivity contribution in [3.05, 3.63) is 38.7 Å². The second-order valence-corrected chi connectivity index (χ2v) is 2.91. The van der Waals surface area contributed by atoms with Crippen molar-refractivity contribution in [3.8, 4) is 0 Å². The first-order valence-corrected chi connectivity index (χ1v) is 3.89. The third-order valence-corrected chi connectivity index (χ3v) is 2.21. The van der Waals surface area contributed by atoms with E-state index in [1.807, 2.05) is 0 Å². The third-order valence-electron chi connectivity index (χ3n) is 2.21. The van der Waals surface area contributed by atoms with Gasteiger partial charge in [0.2, 0.25) is 0 Å². The Bertz CT molecular complexity index is 466. The van der Waals surface area contributed by atoms with Gasteiger partial charge in [0.25, 0.3) is 5.56 Å². The zero-order valence-corrected chi connectivity index (χ0v) is 8.00. The minimum Gasteiger partial charge on any atom is -0.300 e. The minimum absolute atomic E-state index is 0.296. The molecule has 1 heterocycles. The molecule has 0 spiro atoms. The van der Waals surface area contributed by atoms with Crippen molar-refractivity contribution in [2.24, 2.45) is 14.1 Å². The van der Waals surface area contributed by atoms with Crippen LogP contribution in [0.2, 0.25) is 0 Å². The van der Waals surface area contributed by atoms with E-state index in [2.05, 4.69) is 6.58 Å². The van der Waals surface area contributed by atoms with Gasteiger partial charge < -0.3 is 4.57 Å². The van der Waals surface area contributed by atoms with E-state index >= 15 is 0 Å². The van der Waals surface area contributed by atoms with E-state index in [0.29, 0.717) is 11.3 Å². The van der Waals surface area contributed by atoms with Gasteiger partial charge in [-0.3, -0.25) is 9.36 Å². The Balaban J connectivity index is 3.88. The lowest BCUT2D eigenvalue weighted by Gasteiger charge is -2.08. The maximum atomic E-state index is 11.5. The van der Waals surface area contributed by atoms with E-state index in [9.17, 15) is 9.59 Å². The molecule has 4 heteroatoms. The Morgan fingerprint density at radius 1 is 1.23 bits per heavy atom. The Kier molecular flexibility index (Phi) is 2.23. The zero-order valence-electron chi connectivity index (χ0n) is 8.00. The maximum absolute atomic E-state index is 11.5. The lowest BCUT2D eigenvalue weighted by atomic mass is 10.2. The molecule has 0 N–H and O–H groups in total. The predicted molar refractivity (Wildman–Crippen MR) is 51.8 cm³/mol. The molecule has 0 aliphatic heterocycles. The highest BCUT2D eigenvalue weighted by atomic mass is 16.2. The van der Waals surface area contributed by atoms with Crippen LogP contribution in [0.15, 0.2) is 16.2 Å². The normalized spacial score (nSPS) is 10.1. The summed E-state index contributed by atoms with van der Waals surface area (Å²) in [7, 11) is 3.08. The number of nitrogens with zero attached hydrogens (tertiary/aromatic N) is 2. The molecule has 0 unspecified atom stereocenters. The fraction of sp³-hybridized carbons (Fsp3) is 0.333. The Hall–Kier alpha value is -1.58. The van der Waals surface area contributed by atoms with Crippen molar-refractivity contribution < 1.29 is 0 Å². The number of rotatable bonds is 1. The number of hydrogen-bond donors (Lipinski definition) is 0. The Morgan fingerprint density at radius 2 is 1.77 bits per heavy atom. The third kappa shape index (κ3) is 1.24. The van der Waals surface area contributed by atoms with Crippen LogP contribution in [0.5, 0.6) is 0 Å². The molecule has 4 nitrogen and oxygen atoms in total. The number of hydrogen-bond acceptors (Lipinski definition) is 2. The quantitative estimate of drug-likeness (QED) is 0.612. The van der Waals surface area contributed by atoms with Crippen LogP contribution >= 0.6 is 0 Å². The van der Waals surface area contributed by atoms with E-state index in [1.165, 1.54) is 17.7 Å². The lowest BCUT2D eigenvalue weighted by Crippen LogP contribution is -2.39. The summed E-state index contributed by atoms with van der Waals surface area (Å²) in [5, 5.41) is 0. The second-order valence-electron chi connectivity index (χ2n) is 2.91. The molecule has 1 rings (SSSR count). The minimum atomic E-state index is -0.312. The van der Waals surface area contributed by atoms with Crippen LogP contribution < -0.4 is 11.2 Å². The SMILES string of the molecule is C=Cc1c(C)n(C)c(=O)n(C)c1=O. The summed E-state index contributed by atoms with van der Waals surface area (Å²) in [5.41, 5.74) is 0.511. The van der Waals surface area contributed by atoms with Crippen molar-refractivity contribution in [1.82, 2.24) is 9.13 Å². The average molecular weight is 180 g/mol. The zero-order chi connectivity index (χ0) is 10.2. The largest absolute Gasteiger partial charge is 0.330 e. The molecule has 0 aromatic carbocycles. The van der Waals surface area contributed by atoms with Gasteiger partial charge in [0, 0.05) is 19.8 Å². The first-order valence-electron chi connectivity index (χ1n) is 3.89. The van der Waals surface area contributed by atoms with Crippen LogP contribution in [-0.2, 0) is 14.1 Å². The highest BCUT2D eigenvalue weighted by molar-refractivity contribution is 5.47. The van der Waals surface area contributed by atoms with Crippen LogP contribution in [0.3, 0.4) is 0 Å². The van der Waals surface area contributed by atoms with Crippen molar-refractivity contribution in [2.45, 2.75) is 6.92 Å². The molecule has 0 aliphatic carbocycles. The first-order chi connectivity index (χ1) is 6.00. The van der Waals surface area contributed by atoms with Crippen LogP contribution in [-0.4, -0.2) is 9.13 Å². The van der Waals surface area contributed by atoms with Crippen molar-refractivity contribution in [3.63, 3.8) is 0 Å². The van der Waals surface area contributed by atoms with Crippen molar-refractivity contribution in [2.75, 3.05) is 0 Å². The van der Waals surface area contributed by atoms with E-state index < -0.39 is 0 Å². The molecule has 0 amide bonds. The van der Waals surface area contributed by atoms with Gasteiger partial charge in [-0.25, -0.2) is 4.79 Å². The van der Waals surface area contributed by atoms with Gasteiger partial charge in [0.15, 0.2) is 0 Å². The molecule has 13 heavy (non-hydrogen) atoms. The fourth-order valence-electron chi connectivity index (χ4n) is 1.21. The summed E-state index contributed by atoms with van der Waals surface area (Å²) in [6.07, 6.45) is 1.47. The smallest absolute Gasteiger partial charge is 0.300 e. The summed E-state index contributed by atoms with van der Waals surface area (Å²) >= 11 is 0. The standard InChI is InChI=1S/C9H12N2O2/c1-5-7-6(2)10(3)9(13)11(4)8(7)12/h5H,1H2,2-4H3.